The third-order valence-corrected chi connectivity index (χ3v) is 5.00. The smallest absolute Gasteiger partial charge is 0.213 e. The maximum Gasteiger partial charge on any atom is 0.213 e. The number of aryl methyl sites for hydroxylation is 1. The van der Waals surface area contributed by atoms with Gasteiger partial charge >= 0.3 is 0 Å². The lowest BCUT2D eigenvalue weighted by Gasteiger charge is -2.16. The summed E-state index contributed by atoms with van der Waals surface area (Å²) in [5, 5.41) is 3.96. The SMILES string of the molecule is CCOc1cc(CNCCCOc2ccccn2)cc(Cl)c1OCc1ccccc1C. The van der Waals surface area contributed by atoms with E-state index in [-0.39, 0.29) is 0 Å². The van der Waals surface area contributed by atoms with E-state index in [1.807, 2.05) is 49.4 Å². The van der Waals surface area contributed by atoms with Gasteiger partial charge in [0.25, 0.3) is 0 Å². The molecule has 3 aromatic rings. The minimum absolute atomic E-state index is 0.445. The highest BCUT2D eigenvalue weighted by Crippen LogP contribution is 2.37. The molecule has 0 saturated carbocycles. The second kappa shape index (κ2) is 12.2. The van der Waals surface area contributed by atoms with Crippen molar-refractivity contribution in [3.63, 3.8) is 0 Å². The summed E-state index contributed by atoms with van der Waals surface area (Å²) < 4.78 is 17.5. The van der Waals surface area contributed by atoms with Gasteiger partial charge in [-0.05, 0) is 61.7 Å². The molecule has 0 spiro atoms. The zero-order chi connectivity index (χ0) is 21.9. The lowest BCUT2D eigenvalue weighted by atomic mass is 10.1. The fourth-order valence-corrected chi connectivity index (χ4v) is 3.38. The number of hydrogen-bond donors (Lipinski definition) is 1. The number of pyridine rings is 1. The number of nitrogens with one attached hydrogen (secondary N) is 1. The molecule has 0 bridgehead atoms. The van der Waals surface area contributed by atoms with Crippen LogP contribution in [0.2, 0.25) is 5.02 Å². The molecule has 0 atom stereocenters. The standard InChI is InChI=1S/C25H29ClN2O3/c1-3-29-23-16-20(17-27-12-8-14-30-24-11-6-7-13-28-24)15-22(26)25(23)31-18-21-10-5-4-9-19(21)2/h4-7,9-11,13,15-16,27H,3,8,12,14,17-18H2,1-2H3. The summed E-state index contributed by atoms with van der Waals surface area (Å²) in [5.41, 5.74) is 3.35. The molecule has 0 aliphatic heterocycles. The summed E-state index contributed by atoms with van der Waals surface area (Å²) in [5.74, 6) is 1.90. The Bertz CT molecular complexity index is 951. The zero-order valence-corrected chi connectivity index (χ0v) is 18.8. The molecular weight excluding hydrogens is 412 g/mol. The largest absolute Gasteiger partial charge is 0.490 e. The van der Waals surface area contributed by atoms with Gasteiger partial charge in [0.15, 0.2) is 11.5 Å². The molecule has 2 aromatic carbocycles. The number of nitrogens with zero attached hydrogens (tertiary/aromatic N) is 1. The number of aromatic nitrogens is 1. The molecular formula is C25H29ClN2O3. The topological polar surface area (TPSA) is 52.6 Å². The molecule has 3 rings (SSSR count). The molecule has 0 saturated heterocycles. The summed E-state index contributed by atoms with van der Waals surface area (Å²) in [7, 11) is 0. The Morgan fingerprint density at radius 2 is 1.84 bits per heavy atom. The van der Waals surface area contributed by atoms with Gasteiger partial charge in [0.1, 0.15) is 6.61 Å². The monoisotopic (exact) mass is 440 g/mol. The van der Waals surface area contributed by atoms with Crippen LogP contribution < -0.4 is 19.5 Å². The quantitative estimate of drug-likeness (QED) is 0.372. The van der Waals surface area contributed by atoms with Crippen molar-refractivity contribution in [2.75, 3.05) is 19.8 Å². The van der Waals surface area contributed by atoms with Crippen LogP contribution in [-0.4, -0.2) is 24.7 Å². The van der Waals surface area contributed by atoms with E-state index in [4.69, 9.17) is 25.8 Å². The average Bonchev–Trinajstić information content (AvgIpc) is 2.77. The van der Waals surface area contributed by atoms with Gasteiger partial charge in [-0.2, -0.15) is 0 Å². The molecule has 0 unspecified atom stereocenters. The van der Waals surface area contributed by atoms with Gasteiger partial charge < -0.3 is 19.5 Å². The van der Waals surface area contributed by atoms with Crippen LogP contribution in [0.1, 0.15) is 30.0 Å². The van der Waals surface area contributed by atoms with Gasteiger partial charge in [-0.1, -0.05) is 41.9 Å². The van der Waals surface area contributed by atoms with Crippen LogP contribution in [0, 0.1) is 6.92 Å². The minimum atomic E-state index is 0.445. The lowest BCUT2D eigenvalue weighted by molar-refractivity contribution is 0.268. The first-order valence-corrected chi connectivity index (χ1v) is 10.9. The number of ether oxygens (including phenoxy) is 3. The third-order valence-electron chi connectivity index (χ3n) is 4.72. The maximum atomic E-state index is 6.55. The van der Waals surface area contributed by atoms with Crippen LogP contribution in [0.5, 0.6) is 17.4 Å². The number of rotatable bonds is 12. The second-order valence-corrected chi connectivity index (χ2v) is 7.51. The van der Waals surface area contributed by atoms with Crippen LogP contribution in [-0.2, 0) is 13.2 Å². The Kier molecular flexibility index (Phi) is 9.00. The highest BCUT2D eigenvalue weighted by atomic mass is 35.5. The normalized spacial score (nSPS) is 10.7. The summed E-state index contributed by atoms with van der Waals surface area (Å²) in [4.78, 5) is 4.15. The molecule has 0 aliphatic carbocycles. The van der Waals surface area contributed by atoms with Crippen molar-refractivity contribution in [1.29, 1.82) is 0 Å². The number of halogens is 1. The Morgan fingerprint density at radius 3 is 2.61 bits per heavy atom. The van der Waals surface area contributed by atoms with E-state index in [0.29, 0.717) is 48.8 Å². The van der Waals surface area contributed by atoms with Crippen LogP contribution in [0.25, 0.3) is 0 Å². The first-order chi connectivity index (χ1) is 15.2. The van der Waals surface area contributed by atoms with Crippen molar-refractivity contribution in [3.05, 3.63) is 82.5 Å². The molecule has 1 heterocycles. The van der Waals surface area contributed by atoms with E-state index >= 15 is 0 Å². The van der Waals surface area contributed by atoms with E-state index < -0.39 is 0 Å². The van der Waals surface area contributed by atoms with Crippen LogP contribution >= 0.6 is 11.6 Å². The first-order valence-electron chi connectivity index (χ1n) is 10.5. The van der Waals surface area contributed by atoms with Crippen molar-refractivity contribution < 1.29 is 14.2 Å². The fourth-order valence-electron chi connectivity index (χ4n) is 3.09. The van der Waals surface area contributed by atoms with Gasteiger partial charge in [-0.25, -0.2) is 4.98 Å². The molecule has 0 amide bonds. The summed E-state index contributed by atoms with van der Waals surface area (Å²) in [6.45, 7) is 7.12. The van der Waals surface area contributed by atoms with Crippen molar-refractivity contribution in [1.82, 2.24) is 10.3 Å². The first kappa shape index (κ1) is 22.9. The van der Waals surface area contributed by atoms with E-state index in [9.17, 15) is 0 Å². The van der Waals surface area contributed by atoms with Gasteiger partial charge in [0.05, 0.1) is 18.2 Å². The summed E-state index contributed by atoms with van der Waals surface area (Å²) >= 11 is 6.55. The Balaban J connectivity index is 1.52. The predicted molar refractivity (Wildman–Crippen MR) is 124 cm³/mol. The average molecular weight is 441 g/mol. The van der Waals surface area contributed by atoms with Gasteiger partial charge in [-0.3, -0.25) is 0 Å². The molecule has 0 aliphatic rings. The lowest BCUT2D eigenvalue weighted by Crippen LogP contribution is -2.17. The molecule has 6 heteroatoms. The van der Waals surface area contributed by atoms with Gasteiger partial charge in [0.2, 0.25) is 5.88 Å². The van der Waals surface area contributed by atoms with Crippen molar-refractivity contribution in [3.8, 4) is 17.4 Å². The molecule has 1 aromatic heterocycles. The summed E-state index contributed by atoms with van der Waals surface area (Å²) in [6, 6.07) is 17.7. The van der Waals surface area contributed by atoms with Crippen LogP contribution in [0.4, 0.5) is 0 Å². The van der Waals surface area contributed by atoms with E-state index in [0.717, 1.165) is 24.1 Å². The molecule has 0 fully saturated rings. The van der Waals surface area contributed by atoms with Crippen molar-refractivity contribution in [2.45, 2.75) is 33.4 Å². The van der Waals surface area contributed by atoms with E-state index in [2.05, 4.69) is 29.4 Å². The number of benzene rings is 2. The predicted octanol–water partition coefficient (Wildman–Crippen LogP) is 5.58. The second-order valence-electron chi connectivity index (χ2n) is 7.10. The number of hydrogen-bond acceptors (Lipinski definition) is 5. The fraction of sp³-hybridized carbons (Fsp3) is 0.320. The Hall–Kier alpha value is -2.76. The molecule has 5 nitrogen and oxygen atoms in total. The Morgan fingerprint density at radius 1 is 1.00 bits per heavy atom. The van der Waals surface area contributed by atoms with E-state index in [1.165, 1.54) is 5.56 Å². The van der Waals surface area contributed by atoms with Gasteiger partial charge in [-0.15, -0.1) is 0 Å². The van der Waals surface area contributed by atoms with E-state index in [1.54, 1.807) is 6.20 Å². The maximum absolute atomic E-state index is 6.55. The molecule has 0 radical (unpaired) electrons. The Labute approximate surface area is 189 Å². The molecule has 1 N–H and O–H groups in total. The van der Waals surface area contributed by atoms with Gasteiger partial charge in [0, 0.05) is 18.8 Å². The summed E-state index contributed by atoms with van der Waals surface area (Å²) in [6.07, 6.45) is 2.60. The molecule has 164 valence electrons. The van der Waals surface area contributed by atoms with Crippen molar-refractivity contribution >= 4 is 11.6 Å². The highest BCUT2D eigenvalue weighted by Gasteiger charge is 2.13. The highest BCUT2D eigenvalue weighted by molar-refractivity contribution is 6.32. The van der Waals surface area contributed by atoms with Crippen LogP contribution in [0.15, 0.2) is 60.8 Å². The van der Waals surface area contributed by atoms with Crippen molar-refractivity contribution in [2.24, 2.45) is 0 Å². The van der Waals surface area contributed by atoms with Crippen LogP contribution in [0.3, 0.4) is 0 Å². The molecule has 31 heavy (non-hydrogen) atoms. The minimum Gasteiger partial charge on any atom is -0.490 e. The third kappa shape index (κ3) is 7.16. The zero-order valence-electron chi connectivity index (χ0n) is 18.1.